The molecule has 27 heavy (non-hydrogen) atoms. The number of fused-ring (bicyclic) bond motifs is 1. The molecule has 0 saturated carbocycles. The van der Waals surface area contributed by atoms with Gasteiger partial charge in [-0.2, -0.15) is 0 Å². The summed E-state index contributed by atoms with van der Waals surface area (Å²) in [6.07, 6.45) is 0. The zero-order valence-electron chi connectivity index (χ0n) is 17.9. The highest BCUT2D eigenvalue weighted by atomic mass is 28.3. The summed E-state index contributed by atoms with van der Waals surface area (Å²) in [7, 11) is -1.58. The van der Waals surface area contributed by atoms with E-state index in [1.165, 1.54) is 33.7 Å². The fourth-order valence-electron chi connectivity index (χ4n) is 4.06. The van der Waals surface area contributed by atoms with Crippen molar-refractivity contribution in [2.45, 2.75) is 58.2 Å². The van der Waals surface area contributed by atoms with E-state index in [-0.39, 0.29) is 8.80 Å². The van der Waals surface area contributed by atoms with Gasteiger partial charge in [0, 0.05) is 19.7 Å². The number of nitrogens with zero attached hydrogens (tertiary/aromatic N) is 1. The Morgan fingerprint density at radius 1 is 0.926 bits per heavy atom. The molecule has 141 valence electrons. The minimum absolute atomic E-state index is 0.276. The summed E-state index contributed by atoms with van der Waals surface area (Å²) >= 11 is 0. The summed E-state index contributed by atoms with van der Waals surface area (Å²) in [6.45, 7) is 16.7. The average Bonchev–Trinajstić information content (AvgIpc) is 2.57. The molecular formula is C24H32NSi2. The first-order valence-corrected chi connectivity index (χ1v) is 16.2. The van der Waals surface area contributed by atoms with Gasteiger partial charge in [0.25, 0.3) is 0 Å². The zero-order chi connectivity index (χ0) is 19.8. The van der Waals surface area contributed by atoms with Crippen molar-refractivity contribution in [1.29, 1.82) is 0 Å². The molecule has 0 spiro atoms. The van der Waals surface area contributed by atoms with Gasteiger partial charge in [-0.25, -0.2) is 4.98 Å². The molecule has 0 aliphatic carbocycles. The highest BCUT2D eigenvalue weighted by Crippen LogP contribution is 2.36. The molecule has 0 bridgehead atoms. The maximum absolute atomic E-state index is 5.06. The topological polar surface area (TPSA) is 12.9 Å². The lowest BCUT2D eigenvalue weighted by Gasteiger charge is -2.31. The minimum atomic E-state index is -1.30. The lowest BCUT2D eigenvalue weighted by molar-refractivity contribution is 1.01. The first-order chi connectivity index (χ1) is 12.6. The van der Waals surface area contributed by atoms with Crippen LogP contribution in [0.15, 0.2) is 48.5 Å². The molecule has 0 aliphatic rings. The number of aryl methyl sites for hydroxylation is 2. The molecule has 1 atom stereocenters. The predicted molar refractivity (Wildman–Crippen MR) is 125 cm³/mol. The number of hydrogen-bond donors (Lipinski definition) is 0. The van der Waals surface area contributed by atoms with Crippen molar-refractivity contribution in [2.24, 2.45) is 0 Å². The van der Waals surface area contributed by atoms with Crippen molar-refractivity contribution in [3.05, 3.63) is 65.2 Å². The normalized spacial score (nSPS) is 13.3. The van der Waals surface area contributed by atoms with Crippen LogP contribution in [-0.4, -0.2) is 21.9 Å². The number of aromatic nitrogens is 1. The minimum Gasteiger partial charge on any atom is -0.248 e. The Hall–Kier alpha value is -1.72. The van der Waals surface area contributed by atoms with Crippen molar-refractivity contribution < 1.29 is 0 Å². The predicted octanol–water partition coefficient (Wildman–Crippen LogP) is 7.23. The third-order valence-corrected chi connectivity index (χ3v) is 9.56. The molecule has 0 N–H and O–H groups in total. The van der Waals surface area contributed by atoms with E-state index in [2.05, 4.69) is 95.1 Å². The van der Waals surface area contributed by atoms with E-state index in [1.807, 2.05) is 0 Å². The maximum atomic E-state index is 5.06. The van der Waals surface area contributed by atoms with Crippen LogP contribution in [0.25, 0.3) is 22.2 Å². The van der Waals surface area contributed by atoms with E-state index < -0.39 is 8.07 Å². The van der Waals surface area contributed by atoms with Crippen LogP contribution in [0.5, 0.6) is 0 Å². The molecule has 0 saturated heterocycles. The van der Waals surface area contributed by atoms with Gasteiger partial charge >= 0.3 is 0 Å². The molecule has 1 heterocycles. The van der Waals surface area contributed by atoms with Gasteiger partial charge in [-0.05, 0) is 49.2 Å². The molecule has 0 amide bonds. The third-order valence-electron chi connectivity index (χ3n) is 5.32. The Labute approximate surface area is 167 Å². The van der Waals surface area contributed by atoms with Crippen LogP contribution in [0, 0.1) is 13.8 Å². The molecule has 1 radical (unpaired) electrons. The Balaban J connectivity index is 2.12. The highest BCUT2D eigenvalue weighted by molar-refractivity contribution is 6.79. The fourth-order valence-corrected chi connectivity index (χ4v) is 9.95. The van der Waals surface area contributed by atoms with E-state index in [1.54, 1.807) is 0 Å². The second-order valence-corrected chi connectivity index (χ2v) is 17.6. The molecular weight excluding hydrogens is 358 g/mol. The first kappa shape index (κ1) is 20.0. The van der Waals surface area contributed by atoms with Crippen LogP contribution in [0.2, 0.25) is 38.8 Å². The second kappa shape index (κ2) is 7.72. The summed E-state index contributed by atoms with van der Waals surface area (Å²) in [5, 5.41) is 1.35. The Morgan fingerprint density at radius 2 is 1.59 bits per heavy atom. The summed E-state index contributed by atoms with van der Waals surface area (Å²) in [5.74, 6) is 0. The van der Waals surface area contributed by atoms with E-state index in [0.29, 0.717) is 5.54 Å². The lowest BCUT2D eigenvalue weighted by Crippen LogP contribution is -2.33. The van der Waals surface area contributed by atoms with Gasteiger partial charge < -0.3 is 0 Å². The van der Waals surface area contributed by atoms with Crippen molar-refractivity contribution in [3.63, 3.8) is 0 Å². The molecule has 3 rings (SSSR count). The molecule has 1 aromatic heterocycles. The van der Waals surface area contributed by atoms with Gasteiger partial charge in [-0.1, -0.05) is 74.2 Å². The summed E-state index contributed by atoms with van der Waals surface area (Å²) in [5.41, 5.74) is 8.24. The van der Waals surface area contributed by atoms with Gasteiger partial charge in [0.1, 0.15) is 0 Å². The molecule has 0 aliphatic heterocycles. The van der Waals surface area contributed by atoms with Crippen molar-refractivity contribution >= 4 is 27.8 Å². The quantitative estimate of drug-likeness (QED) is 0.419. The molecule has 0 fully saturated rings. The van der Waals surface area contributed by atoms with Gasteiger partial charge in [0.15, 0.2) is 0 Å². The van der Waals surface area contributed by atoms with E-state index >= 15 is 0 Å². The van der Waals surface area contributed by atoms with E-state index in [4.69, 9.17) is 4.98 Å². The van der Waals surface area contributed by atoms with Gasteiger partial charge in [0.2, 0.25) is 0 Å². The highest BCUT2D eigenvalue weighted by Gasteiger charge is 2.30. The third kappa shape index (κ3) is 4.58. The number of hydrogen-bond acceptors (Lipinski definition) is 1. The fraction of sp³-hybridized carbons (Fsp3) is 0.375. The maximum Gasteiger partial charge on any atom is 0.0712 e. The van der Waals surface area contributed by atoms with Crippen LogP contribution in [0.4, 0.5) is 0 Å². The molecule has 2 aromatic carbocycles. The Bertz CT molecular complexity index is 934. The summed E-state index contributed by atoms with van der Waals surface area (Å²) in [6, 6.07) is 19.3. The van der Waals surface area contributed by atoms with Crippen LogP contribution < -0.4 is 0 Å². The second-order valence-electron chi connectivity index (χ2n) is 9.32. The van der Waals surface area contributed by atoms with Crippen LogP contribution in [-0.2, 0) is 0 Å². The summed E-state index contributed by atoms with van der Waals surface area (Å²) < 4.78 is 0. The van der Waals surface area contributed by atoms with Crippen molar-refractivity contribution in [2.75, 3.05) is 0 Å². The smallest absolute Gasteiger partial charge is 0.0712 e. The molecule has 3 heteroatoms. The van der Waals surface area contributed by atoms with Gasteiger partial charge in [-0.15, -0.1) is 0 Å². The number of benzene rings is 2. The van der Waals surface area contributed by atoms with E-state index in [9.17, 15) is 0 Å². The lowest BCUT2D eigenvalue weighted by atomic mass is 10.0. The summed E-state index contributed by atoms with van der Waals surface area (Å²) in [4.78, 5) is 5.06. The van der Waals surface area contributed by atoms with Crippen LogP contribution in [0.3, 0.4) is 0 Å². The SMILES string of the molecule is Cc1cc(C)cc(-c2ccc3c(C(C[Si](C)C)[Si](C)(C)C)cccc3n2)c1. The molecule has 3 aromatic rings. The Kier molecular flexibility index (Phi) is 5.73. The first-order valence-electron chi connectivity index (χ1n) is 9.92. The monoisotopic (exact) mass is 390 g/mol. The standard InChI is InChI=1S/C24H32NSi2/c1-17-13-18(2)15-19(14-17)22-12-11-20-21(9-8-10-23(20)25-22)24(16-26(3)4)27(5,6)7/h8-15,24H,16H2,1-7H3. The zero-order valence-corrected chi connectivity index (χ0v) is 19.9. The average molecular weight is 391 g/mol. The molecule has 1 nitrogen and oxygen atoms in total. The van der Waals surface area contributed by atoms with E-state index in [0.717, 1.165) is 11.2 Å². The van der Waals surface area contributed by atoms with Gasteiger partial charge in [0.05, 0.1) is 19.3 Å². The van der Waals surface area contributed by atoms with Crippen LogP contribution in [0.1, 0.15) is 22.2 Å². The van der Waals surface area contributed by atoms with Crippen molar-refractivity contribution in [1.82, 2.24) is 4.98 Å². The largest absolute Gasteiger partial charge is 0.248 e. The Morgan fingerprint density at radius 3 is 2.19 bits per heavy atom. The van der Waals surface area contributed by atoms with Crippen molar-refractivity contribution in [3.8, 4) is 11.3 Å². The molecule has 1 unspecified atom stereocenters. The number of pyridine rings is 1. The van der Waals surface area contributed by atoms with Gasteiger partial charge in [-0.3, -0.25) is 0 Å². The number of rotatable bonds is 5. The van der Waals surface area contributed by atoms with Crippen LogP contribution >= 0.6 is 0 Å².